The number of carbonyl (C=O) groups excluding carboxylic acids is 1. The molecule has 4 heterocycles. The van der Waals surface area contributed by atoms with Crippen molar-refractivity contribution < 1.29 is 9.18 Å². The lowest BCUT2D eigenvalue weighted by Crippen LogP contribution is -2.46. The fraction of sp³-hybridized carbons (Fsp3) is 0.324. The number of anilines is 3. The number of hydrogen-bond donors (Lipinski definition) is 2. The largest absolute Gasteiger partial charge is 0.373 e. The van der Waals surface area contributed by atoms with Crippen LogP contribution in [0.25, 0.3) is 10.9 Å². The number of aromatic nitrogens is 4. The summed E-state index contributed by atoms with van der Waals surface area (Å²) < 4.78 is 15.9. The fourth-order valence-electron chi connectivity index (χ4n) is 6.93. The van der Waals surface area contributed by atoms with Gasteiger partial charge in [-0.3, -0.25) is 14.7 Å². The first kappa shape index (κ1) is 33.7. The van der Waals surface area contributed by atoms with E-state index in [0.717, 1.165) is 37.1 Å². The minimum atomic E-state index is -0.572. The van der Waals surface area contributed by atoms with E-state index < -0.39 is 11.9 Å². The topological polar surface area (TPSA) is 115 Å². The number of nitriles is 1. The molecule has 0 radical (unpaired) electrons. The monoisotopic (exact) mass is 711 g/mol. The van der Waals surface area contributed by atoms with Gasteiger partial charge in [0.25, 0.3) is 5.91 Å². The highest BCUT2D eigenvalue weighted by atomic mass is 35.5. The number of fused-ring (bicyclic) bond motifs is 2. The van der Waals surface area contributed by atoms with Crippen LogP contribution in [0.5, 0.6) is 0 Å². The molecular weight excluding hydrogens is 676 g/mol. The summed E-state index contributed by atoms with van der Waals surface area (Å²) in [4.78, 5) is 22.2. The van der Waals surface area contributed by atoms with Crippen molar-refractivity contribution in [2.45, 2.75) is 57.8 Å². The third-order valence-corrected chi connectivity index (χ3v) is 10.2. The molecule has 50 heavy (non-hydrogen) atoms. The minimum absolute atomic E-state index is 0.0570. The predicted molar refractivity (Wildman–Crippen MR) is 193 cm³/mol. The van der Waals surface area contributed by atoms with Gasteiger partial charge in [-0.1, -0.05) is 46.6 Å². The highest BCUT2D eigenvalue weighted by Crippen LogP contribution is 2.39. The smallest absolute Gasteiger partial charge is 0.254 e. The van der Waals surface area contributed by atoms with Crippen LogP contribution in [0.1, 0.15) is 78.4 Å². The summed E-state index contributed by atoms with van der Waals surface area (Å²) >= 11 is 12.9. The Labute approximate surface area is 299 Å². The van der Waals surface area contributed by atoms with Gasteiger partial charge in [0, 0.05) is 55.2 Å². The Bertz CT molecular complexity index is 2170. The maximum atomic E-state index is 14.0. The van der Waals surface area contributed by atoms with Gasteiger partial charge in [0.2, 0.25) is 0 Å². The lowest BCUT2D eigenvalue weighted by molar-refractivity contribution is 0.0815. The Morgan fingerprint density at radius 3 is 2.54 bits per heavy atom. The van der Waals surface area contributed by atoms with Gasteiger partial charge < -0.3 is 15.5 Å². The first-order valence-electron chi connectivity index (χ1n) is 16.5. The summed E-state index contributed by atoms with van der Waals surface area (Å²) in [7, 11) is 1.79. The second-order valence-corrected chi connectivity index (χ2v) is 14.7. The molecule has 1 atom stereocenters. The molecule has 2 N–H and O–H groups in total. The number of rotatable bonds is 7. The SMILES string of the molecule is CN1Cc2cccc([C@H](Nc3cc(Cl)c4ncc(C#N)c(Nc5ccc(F)c(Cl)c5)c4c3)c3cn(C4CCN(C(C)(C)C)CC4)nn3)c2C1=O. The molecule has 2 aromatic heterocycles. The molecule has 7 rings (SSSR count). The van der Waals surface area contributed by atoms with Crippen molar-refractivity contribution >= 4 is 57.1 Å². The summed E-state index contributed by atoms with van der Waals surface area (Å²) in [6, 6.07) is 15.5. The molecule has 1 saturated heterocycles. The molecule has 0 unspecified atom stereocenters. The number of likely N-dealkylation sites (tertiary alicyclic amines) is 1. The molecule has 256 valence electrons. The molecule has 1 amide bonds. The maximum Gasteiger partial charge on any atom is 0.254 e. The first-order chi connectivity index (χ1) is 23.9. The summed E-state index contributed by atoms with van der Waals surface area (Å²) in [5, 5.41) is 27.0. The number of nitrogens with one attached hydrogen (secondary N) is 2. The lowest BCUT2D eigenvalue weighted by atomic mass is 9.94. The number of carbonyl (C=O) groups is 1. The zero-order valence-electron chi connectivity index (χ0n) is 28.1. The van der Waals surface area contributed by atoms with Gasteiger partial charge in [0.05, 0.1) is 50.7 Å². The van der Waals surface area contributed by atoms with E-state index in [1.807, 2.05) is 35.1 Å². The molecular formula is C37H36Cl2FN9O. The number of hydrogen-bond acceptors (Lipinski definition) is 8. The summed E-state index contributed by atoms with van der Waals surface area (Å²) in [5.74, 6) is -0.615. The van der Waals surface area contributed by atoms with Gasteiger partial charge >= 0.3 is 0 Å². The highest BCUT2D eigenvalue weighted by Gasteiger charge is 2.33. The number of benzene rings is 3. The Kier molecular flexibility index (Phi) is 8.89. The Morgan fingerprint density at radius 2 is 1.82 bits per heavy atom. The minimum Gasteiger partial charge on any atom is -0.373 e. The molecule has 5 aromatic rings. The number of pyridine rings is 1. The van der Waals surface area contributed by atoms with E-state index in [1.165, 1.54) is 24.4 Å². The summed E-state index contributed by atoms with van der Waals surface area (Å²) in [6.45, 7) is 9.16. The van der Waals surface area contributed by atoms with E-state index in [1.54, 1.807) is 18.0 Å². The average molecular weight is 713 g/mol. The van der Waals surface area contributed by atoms with Gasteiger partial charge in [0.15, 0.2) is 0 Å². The number of piperidine rings is 1. The maximum absolute atomic E-state index is 14.0. The van der Waals surface area contributed by atoms with Gasteiger partial charge in [-0.2, -0.15) is 5.26 Å². The van der Waals surface area contributed by atoms with Crippen LogP contribution in [0.3, 0.4) is 0 Å². The fourth-order valence-corrected chi connectivity index (χ4v) is 7.38. The predicted octanol–water partition coefficient (Wildman–Crippen LogP) is 8.11. The zero-order chi connectivity index (χ0) is 35.3. The molecule has 2 aliphatic rings. The first-order valence-corrected chi connectivity index (χ1v) is 17.2. The van der Waals surface area contributed by atoms with E-state index in [4.69, 9.17) is 23.2 Å². The second-order valence-electron chi connectivity index (χ2n) is 13.9. The molecule has 2 aliphatic heterocycles. The number of halogens is 3. The quantitative estimate of drug-likeness (QED) is 0.174. The van der Waals surface area contributed by atoms with Crippen LogP contribution in [0.15, 0.2) is 60.9 Å². The van der Waals surface area contributed by atoms with Crippen LogP contribution in [0, 0.1) is 17.1 Å². The Balaban J connectivity index is 1.30. The van der Waals surface area contributed by atoms with Crippen LogP contribution >= 0.6 is 23.2 Å². The summed E-state index contributed by atoms with van der Waals surface area (Å²) in [6.07, 6.45) is 5.32. The van der Waals surface area contributed by atoms with Gasteiger partial charge in [0.1, 0.15) is 17.6 Å². The van der Waals surface area contributed by atoms with Gasteiger partial charge in [-0.25, -0.2) is 9.07 Å². The molecule has 13 heteroatoms. The average Bonchev–Trinajstić information content (AvgIpc) is 3.69. The summed E-state index contributed by atoms with van der Waals surface area (Å²) in [5.41, 5.74) is 5.35. The Morgan fingerprint density at radius 1 is 1.06 bits per heavy atom. The highest BCUT2D eigenvalue weighted by molar-refractivity contribution is 6.36. The van der Waals surface area contributed by atoms with Crippen molar-refractivity contribution in [3.05, 3.63) is 105 Å². The molecule has 0 saturated carbocycles. The van der Waals surface area contributed by atoms with Crippen LogP contribution < -0.4 is 10.6 Å². The molecule has 0 aliphatic carbocycles. The van der Waals surface area contributed by atoms with Crippen LogP contribution in [0.2, 0.25) is 10.0 Å². The Hall–Kier alpha value is -4.76. The standard InChI is InChI=1S/C37H36Cl2FN9O/c1-37(2,3)48-12-10-25(11-13-48)49-20-31(45-46-49)35(26-7-5-6-21-19-47(4)36(50)32(21)26)44-24-14-27-33(43-23-8-9-30(40)28(38)15-23)22(17-41)18-42-34(27)29(39)16-24/h5-9,14-16,18,20,25,35,44H,10-13,19H2,1-4H3,(H,42,43)/t35-/m0/s1. The van der Waals surface area contributed by atoms with E-state index in [-0.39, 0.29) is 28.1 Å². The second kappa shape index (κ2) is 13.2. The zero-order valence-corrected chi connectivity index (χ0v) is 29.6. The van der Waals surface area contributed by atoms with Crippen molar-refractivity contribution in [2.24, 2.45) is 0 Å². The van der Waals surface area contributed by atoms with E-state index in [0.29, 0.717) is 50.8 Å². The van der Waals surface area contributed by atoms with Crippen molar-refractivity contribution in [3.8, 4) is 6.07 Å². The van der Waals surface area contributed by atoms with Gasteiger partial charge in [-0.15, -0.1) is 5.10 Å². The van der Waals surface area contributed by atoms with E-state index in [9.17, 15) is 14.4 Å². The van der Waals surface area contributed by atoms with Crippen LogP contribution in [-0.2, 0) is 6.54 Å². The molecule has 1 fully saturated rings. The molecule has 10 nitrogen and oxygen atoms in total. The van der Waals surface area contributed by atoms with E-state index >= 15 is 0 Å². The third kappa shape index (κ3) is 6.35. The molecule has 0 spiro atoms. The van der Waals surface area contributed by atoms with Crippen molar-refractivity contribution in [1.82, 2.24) is 29.8 Å². The molecule has 3 aromatic carbocycles. The van der Waals surface area contributed by atoms with Crippen molar-refractivity contribution in [1.29, 1.82) is 5.26 Å². The molecule has 0 bridgehead atoms. The normalized spacial score (nSPS) is 16.0. The van der Waals surface area contributed by atoms with Crippen molar-refractivity contribution in [2.75, 3.05) is 30.8 Å². The lowest BCUT2D eigenvalue weighted by Gasteiger charge is -2.40. The van der Waals surface area contributed by atoms with E-state index in [2.05, 4.69) is 57.7 Å². The van der Waals surface area contributed by atoms with Gasteiger partial charge in [-0.05, 0) is 75.1 Å². The van der Waals surface area contributed by atoms with Crippen LogP contribution in [0.4, 0.5) is 21.5 Å². The number of nitrogens with zero attached hydrogens (tertiary/aromatic N) is 7. The van der Waals surface area contributed by atoms with Crippen molar-refractivity contribution in [3.63, 3.8) is 0 Å². The van der Waals surface area contributed by atoms with Crippen LogP contribution in [-0.4, -0.2) is 61.4 Å². The number of amides is 1. The third-order valence-electron chi connectivity index (χ3n) is 9.62.